The van der Waals surface area contributed by atoms with Crippen LogP contribution < -0.4 is 10.1 Å². The summed E-state index contributed by atoms with van der Waals surface area (Å²) in [7, 11) is 0. The number of hydrogen-bond donors (Lipinski definition) is 1. The molecule has 1 aromatic heterocycles. The molecule has 1 atom stereocenters. The number of carbonyl (C=O) groups excluding carboxylic acids is 2. The molecule has 0 fully saturated rings. The maximum Gasteiger partial charge on any atom is 0.416 e. The molecule has 7 nitrogen and oxygen atoms in total. The first kappa shape index (κ1) is 24.8. The van der Waals surface area contributed by atoms with E-state index in [4.69, 9.17) is 14.0 Å². The number of anilines is 1. The van der Waals surface area contributed by atoms with E-state index in [0.717, 1.165) is 23.4 Å². The molecule has 1 heterocycles. The number of carbonyl (C=O) groups is 2. The minimum absolute atomic E-state index is 0.0464. The van der Waals surface area contributed by atoms with Crippen molar-refractivity contribution in [3.05, 3.63) is 76.7 Å². The number of ether oxygens (including phenoxy) is 2. The number of aromatic nitrogens is 1. The molecule has 1 N–H and O–H groups in total. The molecule has 34 heavy (non-hydrogen) atoms. The van der Waals surface area contributed by atoms with Crippen LogP contribution in [0.15, 0.2) is 53.1 Å². The fraction of sp³-hybridized carbons (Fsp3) is 0.292. The van der Waals surface area contributed by atoms with Crippen molar-refractivity contribution < 1.29 is 36.8 Å². The number of nitrogens with zero attached hydrogens (tertiary/aromatic N) is 1. The molecule has 0 saturated heterocycles. The summed E-state index contributed by atoms with van der Waals surface area (Å²) in [6, 6.07) is 11.0. The summed E-state index contributed by atoms with van der Waals surface area (Å²) in [5, 5.41) is 6.19. The molecule has 0 spiro atoms. The zero-order valence-electron chi connectivity index (χ0n) is 18.7. The van der Waals surface area contributed by atoms with E-state index < -0.39 is 29.7 Å². The van der Waals surface area contributed by atoms with E-state index in [9.17, 15) is 22.8 Å². The summed E-state index contributed by atoms with van der Waals surface area (Å²) in [6.07, 6.45) is -5.82. The Balaban J connectivity index is 1.49. The number of esters is 1. The largest absolute Gasteiger partial charge is 0.489 e. The maximum atomic E-state index is 12.8. The van der Waals surface area contributed by atoms with Crippen LogP contribution in [0.5, 0.6) is 5.75 Å². The molecule has 0 radical (unpaired) electrons. The van der Waals surface area contributed by atoms with Gasteiger partial charge in [0.1, 0.15) is 18.1 Å². The lowest BCUT2D eigenvalue weighted by Crippen LogP contribution is -2.30. The first-order valence-corrected chi connectivity index (χ1v) is 10.3. The fourth-order valence-corrected chi connectivity index (χ4v) is 3.04. The number of aryl methyl sites for hydroxylation is 2. The van der Waals surface area contributed by atoms with Gasteiger partial charge >= 0.3 is 12.1 Å². The zero-order chi connectivity index (χ0) is 24.9. The second-order valence-corrected chi connectivity index (χ2v) is 7.61. The van der Waals surface area contributed by atoms with Gasteiger partial charge < -0.3 is 19.3 Å². The van der Waals surface area contributed by atoms with Crippen molar-refractivity contribution in [3.8, 4) is 5.75 Å². The van der Waals surface area contributed by atoms with Crippen LogP contribution in [0, 0.1) is 13.8 Å². The second-order valence-electron chi connectivity index (χ2n) is 7.61. The Hall–Kier alpha value is -3.82. The number of halogens is 3. The summed E-state index contributed by atoms with van der Waals surface area (Å²) >= 11 is 0. The predicted molar refractivity (Wildman–Crippen MR) is 116 cm³/mol. The van der Waals surface area contributed by atoms with Gasteiger partial charge in [-0.15, -0.1) is 0 Å². The number of rotatable bonds is 8. The average Bonchev–Trinajstić information content (AvgIpc) is 3.10. The van der Waals surface area contributed by atoms with Gasteiger partial charge in [0.05, 0.1) is 23.2 Å². The number of amides is 1. The third kappa shape index (κ3) is 6.60. The van der Waals surface area contributed by atoms with Gasteiger partial charge in [-0.1, -0.05) is 23.4 Å². The zero-order valence-corrected chi connectivity index (χ0v) is 18.7. The van der Waals surface area contributed by atoms with Crippen molar-refractivity contribution in [2.45, 2.75) is 46.1 Å². The molecule has 0 aliphatic heterocycles. The Morgan fingerprint density at radius 3 is 2.44 bits per heavy atom. The molecular weight excluding hydrogens is 453 g/mol. The van der Waals surface area contributed by atoms with E-state index in [0.29, 0.717) is 23.7 Å². The van der Waals surface area contributed by atoms with Gasteiger partial charge in [-0.2, -0.15) is 13.2 Å². The van der Waals surface area contributed by atoms with Crippen LogP contribution in [0.25, 0.3) is 0 Å². The van der Waals surface area contributed by atoms with Crippen molar-refractivity contribution in [1.29, 1.82) is 0 Å². The summed E-state index contributed by atoms with van der Waals surface area (Å²) < 4.78 is 54.4. The first-order chi connectivity index (χ1) is 16.0. The number of hydrogen-bond acceptors (Lipinski definition) is 6. The highest BCUT2D eigenvalue weighted by atomic mass is 19.4. The van der Waals surface area contributed by atoms with Gasteiger partial charge in [0.15, 0.2) is 6.10 Å². The fourth-order valence-electron chi connectivity index (χ4n) is 3.04. The molecular formula is C24H23F3N2O5. The Bertz CT molecular complexity index is 1140. The molecule has 0 aliphatic carbocycles. The van der Waals surface area contributed by atoms with E-state index in [-0.39, 0.29) is 12.1 Å². The Kier molecular flexibility index (Phi) is 7.60. The van der Waals surface area contributed by atoms with E-state index in [1.807, 2.05) is 6.92 Å². The van der Waals surface area contributed by atoms with Crippen molar-refractivity contribution in [1.82, 2.24) is 5.16 Å². The van der Waals surface area contributed by atoms with Crippen LogP contribution >= 0.6 is 0 Å². The lowest BCUT2D eigenvalue weighted by Gasteiger charge is -2.15. The Labute approximate surface area is 193 Å². The molecule has 0 saturated carbocycles. The van der Waals surface area contributed by atoms with Crippen molar-refractivity contribution in [2.75, 3.05) is 5.32 Å². The molecule has 2 aromatic carbocycles. The molecule has 3 aromatic rings. The van der Waals surface area contributed by atoms with Gasteiger partial charge in [-0.3, -0.25) is 9.59 Å². The van der Waals surface area contributed by atoms with Gasteiger partial charge in [0, 0.05) is 5.69 Å². The molecule has 1 unspecified atom stereocenters. The minimum Gasteiger partial charge on any atom is -0.489 e. The monoisotopic (exact) mass is 476 g/mol. The van der Waals surface area contributed by atoms with Gasteiger partial charge in [0.2, 0.25) is 0 Å². The second kappa shape index (κ2) is 10.4. The number of benzene rings is 2. The molecule has 0 bridgehead atoms. The summed E-state index contributed by atoms with van der Waals surface area (Å²) in [5.74, 6) is -0.124. The van der Waals surface area contributed by atoms with Crippen molar-refractivity contribution in [2.24, 2.45) is 0 Å². The van der Waals surface area contributed by atoms with Crippen molar-refractivity contribution >= 4 is 17.6 Å². The van der Waals surface area contributed by atoms with Crippen LogP contribution in [-0.4, -0.2) is 23.1 Å². The van der Waals surface area contributed by atoms with Crippen LogP contribution in [-0.2, 0) is 33.5 Å². The molecule has 180 valence electrons. The highest BCUT2D eigenvalue weighted by Gasteiger charge is 2.30. The molecule has 3 rings (SSSR count). The quantitative estimate of drug-likeness (QED) is 0.460. The lowest BCUT2D eigenvalue weighted by molar-refractivity contribution is -0.152. The number of nitrogens with one attached hydrogen (secondary N) is 1. The van der Waals surface area contributed by atoms with Gasteiger partial charge in [-0.05, 0) is 56.7 Å². The smallest absolute Gasteiger partial charge is 0.416 e. The molecule has 0 aliphatic rings. The number of alkyl halides is 3. The summed E-state index contributed by atoms with van der Waals surface area (Å²) in [6.45, 7) is 5.26. The van der Waals surface area contributed by atoms with E-state index in [1.165, 1.54) is 19.1 Å². The van der Waals surface area contributed by atoms with Crippen LogP contribution in [0.1, 0.15) is 35.1 Å². The van der Waals surface area contributed by atoms with Gasteiger partial charge in [0.25, 0.3) is 5.91 Å². The first-order valence-electron chi connectivity index (χ1n) is 10.3. The van der Waals surface area contributed by atoms with Crippen LogP contribution in [0.4, 0.5) is 18.9 Å². The van der Waals surface area contributed by atoms with E-state index in [2.05, 4.69) is 10.5 Å². The van der Waals surface area contributed by atoms with E-state index in [1.54, 1.807) is 31.2 Å². The van der Waals surface area contributed by atoms with Crippen LogP contribution in [0.2, 0.25) is 0 Å². The maximum absolute atomic E-state index is 12.8. The standard InChI is InChI=1S/C24H23F3N2O5/c1-14-21(15(2)34-29-14)13-32-20-9-7-17(8-10-20)11-22(30)33-16(3)23(31)28-19-6-4-5-18(12-19)24(25,26)27/h4-10,12,16H,11,13H2,1-3H3,(H,28,31). The summed E-state index contributed by atoms with van der Waals surface area (Å²) in [5.41, 5.74) is 1.32. The molecule has 1 amide bonds. The summed E-state index contributed by atoms with van der Waals surface area (Å²) in [4.78, 5) is 24.4. The predicted octanol–water partition coefficient (Wildman–Crippen LogP) is 5.00. The SMILES string of the molecule is Cc1noc(C)c1COc1ccc(CC(=O)OC(C)C(=O)Nc2cccc(C(F)(F)F)c2)cc1. The Morgan fingerprint density at radius 1 is 1.12 bits per heavy atom. The average molecular weight is 476 g/mol. The van der Waals surface area contributed by atoms with Crippen molar-refractivity contribution in [3.63, 3.8) is 0 Å². The third-order valence-corrected chi connectivity index (χ3v) is 4.97. The normalized spacial score (nSPS) is 12.2. The van der Waals surface area contributed by atoms with E-state index >= 15 is 0 Å². The highest BCUT2D eigenvalue weighted by molar-refractivity contribution is 5.95. The third-order valence-electron chi connectivity index (χ3n) is 4.97. The van der Waals surface area contributed by atoms with Gasteiger partial charge in [-0.25, -0.2) is 0 Å². The van der Waals surface area contributed by atoms with Crippen LogP contribution in [0.3, 0.4) is 0 Å². The topological polar surface area (TPSA) is 90.7 Å². The molecule has 10 heteroatoms. The Morgan fingerprint density at radius 2 is 1.82 bits per heavy atom. The highest BCUT2D eigenvalue weighted by Crippen LogP contribution is 2.30. The lowest BCUT2D eigenvalue weighted by atomic mass is 10.1. The minimum atomic E-state index is -4.53.